The summed E-state index contributed by atoms with van der Waals surface area (Å²) in [5, 5.41) is 8.69. The van der Waals surface area contributed by atoms with E-state index < -0.39 is 5.82 Å². The van der Waals surface area contributed by atoms with Crippen LogP contribution in [-0.2, 0) is 13.6 Å². The van der Waals surface area contributed by atoms with Crippen LogP contribution in [0.15, 0.2) is 30.5 Å². The van der Waals surface area contributed by atoms with Crippen molar-refractivity contribution in [2.24, 2.45) is 7.05 Å². The second-order valence-electron chi connectivity index (χ2n) is 4.91. The average Bonchev–Trinajstić information content (AvgIpc) is 2.75. The van der Waals surface area contributed by atoms with Gasteiger partial charge in [-0.3, -0.25) is 4.68 Å². The minimum absolute atomic E-state index is 0.108. The van der Waals surface area contributed by atoms with E-state index in [1.807, 2.05) is 20.2 Å². The largest absolute Gasteiger partial charge is 0.381 e. The molecule has 0 saturated carbocycles. The van der Waals surface area contributed by atoms with Crippen LogP contribution in [0.3, 0.4) is 0 Å². The minimum Gasteiger partial charge on any atom is -0.381 e. The summed E-state index contributed by atoms with van der Waals surface area (Å²) >= 11 is 5.76. The Balaban J connectivity index is 1.81. The van der Waals surface area contributed by atoms with Crippen LogP contribution in [0.5, 0.6) is 0 Å². The molecule has 1 aromatic carbocycles. The molecule has 0 radical (unpaired) electrons. The average molecular weight is 305 g/mol. The lowest BCUT2D eigenvalue weighted by Crippen LogP contribution is -2.00. The van der Waals surface area contributed by atoms with Crippen LogP contribution in [0, 0.1) is 12.7 Å². The lowest BCUT2D eigenvalue weighted by Gasteiger charge is -2.07. The molecule has 0 fully saturated rings. The molecule has 2 heterocycles. The number of nitrogens with zero attached hydrogens (tertiary/aromatic N) is 3. The van der Waals surface area contributed by atoms with E-state index in [0.29, 0.717) is 6.54 Å². The standard InChI is InChI=1S/C15H14ClFN4/c1-9-12-5-10(8-19-15(12)21(2)20-9)7-18-11-3-4-14(17)13(16)6-11/h3-6,8,18H,7H2,1-2H3. The van der Waals surface area contributed by atoms with E-state index in [2.05, 4.69) is 21.5 Å². The minimum atomic E-state index is -0.420. The van der Waals surface area contributed by atoms with Crippen molar-refractivity contribution in [3.63, 3.8) is 0 Å². The third-order valence-electron chi connectivity index (χ3n) is 3.34. The Morgan fingerprint density at radius 3 is 2.90 bits per heavy atom. The molecule has 0 atom stereocenters. The fourth-order valence-corrected chi connectivity index (χ4v) is 2.44. The second-order valence-corrected chi connectivity index (χ2v) is 5.31. The van der Waals surface area contributed by atoms with E-state index in [9.17, 15) is 4.39 Å². The van der Waals surface area contributed by atoms with Crippen molar-refractivity contribution in [3.05, 3.63) is 52.6 Å². The van der Waals surface area contributed by atoms with Crippen LogP contribution in [0.4, 0.5) is 10.1 Å². The van der Waals surface area contributed by atoms with Gasteiger partial charge in [0, 0.05) is 30.9 Å². The Morgan fingerprint density at radius 2 is 2.14 bits per heavy atom. The number of nitrogens with one attached hydrogen (secondary N) is 1. The number of rotatable bonds is 3. The van der Waals surface area contributed by atoms with Crippen molar-refractivity contribution >= 4 is 28.3 Å². The SMILES string of the molecule is Cc1nn(C)c2ncc(CNc3ccc(F)c(Cl)c3)cc12. The summed E-state index contributed by atoms with van der Waals surface area (Å²) in [6.07, 6.45) is 1.81. The summed E-state index contributed by atoms with van der Waals surface area (Å²) in [7, 11) is 1.88. The molecule has 0 saturated heterocycles. The third-order valence-corrected chi connectivity index (χ3v) is 3.63. The molecule has 6 heteroatoms. The first-order chi connectivity index (χ1) is 10.0. The molecular weight excluding hydrogens is 291 g/mol. The molecule has 2 aromatic heterocycles. The molecule has 3 aromatic rings. The summed E-state index contributed by atoms with van der Waals surface area (Å²) < 4.78 is 14.9. The van der Waals surface area contributed by atoms with Gasteiger partial charge < -0.3 is 5.32 Å². The topological polar surface area (TPSA) is 42.7 Å². The fourth-order valence-electron chi connectivity index (χ4n) is 2.26. The van der Waals surface area contributed by atoms with Crippen LogP contribution in [-0.4, -0.2) is 14.8 Å². The van der Waals surface area contributed by atoms with E-state index in [0.717, 1.165) is 28.0 Å². The molecule has 0 aliphatic carbocycles. The number of pyridine rings is 1. The molecule has 0 amide bonds. The van der Waals surface area contributed by atoms with Gasteiger partial charge >= 0.3 is 0 Å². The van der Waals surface area contributed by atoms with Gasteiger partial charge in [-0.1, -0.05) is 11.6 Å². The molecular formula is C15H14ClFN4. The van der Waals surface area contributed by atoms with Gasteiger partial charge in [0.2, 0.25) is 0 Å². The number of hydrogen-bond donors (Lipinski definition) is 1. The molecule has 3 rings (SSSR count). The Labute approximate surface area is 126 Å². The third kappa shape index (κ3) is 2.69. The predicted molar refractivity (Wildman–Crippen MR) is 82.0 cm³/mol. The molecule has 0 aliphatic rings. The van der Waals surface area contributed by atoms with Crippen LogP contribution in [0.25, 0.3) is 11.0 Å². The van der Waals surface area contributed by atoms with Crippen LogP contribution in [0.1, 0.15) is 11.3 Å². The normalized spacial score (nSPS) is 11.0. The zero-order valence-corrected chi connectivity index (χ0v) is 12.4. The van der Waals surface area contributed by atoms with Crippen molar-refractivity contribution < 1.29 is 4.39 Å². The summed E-state index contributed by atoms with van der Waals surface area (Å²) in [6, 6.07) is 6.63. The van der Waals surface area contributed by atoms with Gasteiger partial charge in [0.1, 0.15) is 5.82 Å². The van der Waals surface area contributed by atoms with E-state index in [4.69, 9.17) is 11.6 Å². The van der Waals surface area contributed by atoms with Gasteiger partial charge in [0.15, 0.2) is 5.65 Å². The Morgan fingerprint density at radius 1 is 1.33 bits per heavy atom. The number of aryl methyl sites for hydroxylation is 2. The summed E-state index contributed by atoms with van der Waals surface area (Å²) in [5.41, 5.74) is 3.61. The smallest absolute Gasteiger partial charge is 0.157 e. The Hall–Kier alpha value is -2.14. The quantitative estimate of drug-likeness (QED) is 0.802. The number of anilines is 1. The van der Waals surface area contributed by atoms with Gasteiger partial charge in [-0.2, -0.15) is 5.10 Å². The highest BCUT2D eigenvalue weighted by molar-refractivity contribution is 6.31. The van der Waals surface area contributed by atoms with Gasteiger partial charge in [-0.05, 0) is 36.8 Å². The van der Waals surface area contributed by atoms with Crippen LogP contribution in [0.2, 0.25) is 5.02 Å². The maximum absolute atomic E-state index is 13.1. The van der Waals surface area contributed by atoms with Gasteiger partial charge in [0.25, 0.3) is 0 Å². The first kappa shape index (κ1) is 13.8. The molecule has 0 aliphatic heterocycles. The van der Waals surface area contributed by atoms with Crippen LogP contribution < -0.4 is 5.32 Å². The second kappa shape index (κ2) is 5.33. The van der Waals surface area contributed by atoms with Gasteiger partial charge in [0.05, 0.1) is 10.7 Å². The molecule has 4 nitrogen and oxygen atoms in total. The monoisotopic (exact) mass is 304 g/mol. The van der Waals surface area contributed by atoms with Crippen molar-refractivity contribution in [2.45, 2.75) is 13.5 Å². The first-order valence-corrected chi connectivity index (χ1v) is 6.89. The predicted octanol–water partition coefficient (Wildman–Crippen LogP) is 3.68. The number of halogens is 2. The van der Waals surface area contributed by atoms with E-state index in [1.165, 1.54) is 6.07 Å². The maximum atomic E-state index is 13.1. The fraction of sp³-hybridized carbons (Fsp3) is 0.200. The van der Waals surface area contributed by atoms with Crippen LogP contribution >= 0.6 is 11.6 Å². The highest BCUT2D eigenvalue weighted by Crippen LogP contribution is 2.21. The summed E-state index contributed by atoms with van der Waals surface area (Å²) in [5.74, 6) is -0.420. The molecule has 0 unspecified atom stereocenters. The highest BCUT2D eigenvalue weighted by Gasteiger charge is 2.07. The number of aromatic nitrogens is 3. The lowest BCUT2D eigenvalue weighted by molar-refractivity contribution is 0.628. The van der Waals surface area contributed by atoms with E-state index in [1.54, 1.807) is 16.8 Å². The first-order valence-electron chi connectivity index (χ1n) is 6.52. The van der Waals surface area contributed by atoms with Gasteiger partial charge in [-0.15, -0.1) is 0 Å². The van der Waals surface area contributed by atoms with Crippen molar-refractivity contribution in [3.8, 4) is 0 Å². The summed E-state index contributed by atoms with van der Waals surface area (Å²) in [4.78, 5) is 4.42. The number of benzene rings is 1. The van der Waals surface area contributed by atoms with Crippen molar-refractivity contribution in [2.75, 3.05) is 5.32 Å². The van der Waals surface area contributed by atoms with E-state index in [-0.39, 0.29) is 5.02 Å². The molecule has 0 bridgehead atoms. The zero-order valence-electron chi connectivity index (χ0n) is 11.7. The molecule has 1 N–H and O–H groups in total. The van der Waals surface area contributed by atoms with Gasteiger partial charge in [-0.25, -0.2) is 9.37 Å². The Kier molecular flexibility index (Phi) is 3.51. The zero-order chi connectivity index (χ0) is 15.0. The number of hydrogen-bond acceptors (Lipinski definition) is 3. The Bertz CT molecular complexity index is 813. The van der Waals surface area contributed by atoms with Crippen molar-refractivity contribution in [1.82, 2.24) is 14.8 Å². The maximum Gasteiger partial charge on any atom is 0.157 e. The molecule has 21 heavy (non-hydrogen) atoms. The number of fused-ring (bicyclic) bond motifs is 1. The summed E-state index contributed by atoms with van der Waals surface area (Å²) in [6.45, 7) is 2.54. The highest BCUT2D eigenvalue weighted by atomic mass is 35.5. The van der Waals surface area contributed by atoms with E-state index >= 15 is 0 Å². The van der Waals surface area contributed by atoms with Crippen molar-refractivity contribution in [1.29, 1.82) is 0 Å². The lowest BCUT2D eigenvalue weighted by atomic mass is 10.2. The molecule has 0 spiro atoms. The molecule has 108 valence electrons.